The van der Waals surface area contributed by atoms with Crippen LogP contribution >= 0.6 is 0 Å². The van der Waals surface area contributed by atoms with Crippen molar-refractivity contribution in [2.45, 2.75) is 53.0 Å². The van der Waals surface area contributed by atoms with Gasteiger partial charge in [0.25, 0.3) is 5.91 Å². The average Bonchev–Trinajstić information content (AvgIpc) is 2.97. The number of carbonyl (C=O) groups excluding carboxylic acids is 2. The van der Waals surface area contributed by atoms with E-state index >= 15 is 0 Å². The van der Waals surface area contributed by atoms with Gasteiger partial charge < -0.3 is 19.9 Å². The molecule has 0 spiro atoms. The van der Waals surface area contributed by atoms with Crippen LogP contribution in [0.25, 0.3) is 5.57 Å². The molecule has 0 aromatic heterocycles. The predicted octanol–water partition coefficient (Wildman–Crippen LogP) is 8.67. The molecule has 0 aliphatic heterocycles. The highest BCUT2D eigenvalue weighted by molar-refractivity contribution is 6.05. The Balaban J connectivity index is 1.48. The zero-order chi connectivity index (χ0) is 32.2. The number of hydrogen-bond acceptors (Lipinski definition) is 5. The second-order valence-corrected chi connectivity index (χ2v) is 11.6. The third-order valence-corrected chi connectivity index (χ3v) is 7.34. The molecule has 0 saturated carbocycles. The number of rotatable bonds is 11. The van der Waals surface area contributed by atoms with Crippen molar-refractivity contribution in [1.29, 1.82) is 0 Å². The summed E-state index contributed by atoms with van der Waals surface area (Å²) >= 11 is 0. The molecule has 4 aromatic carbocycles. The second-order valence-electron chi connectivity index (χ2n) is 11.6. The highest BCUT2D eigenvalue weighted by atomic mass is 16.5. The molecule has 4 aromatic rings. The number of carboxylic acids is 1. The van der Waals surface area contributed by atoms with E-state index in [4.69, 9.17) is 9.47 Å². The Hall–Kier alpha value is -5.17. The van der Waals surface area contributed by atoms with Crippen molar-refractivity contribution in [2.75, 3.05) is 0 Å². The summed E-state index contributed by atoms with van der Waals surface area (Å²) in [6.07, 6.45) is 0. The zero-order valence-electron chi connectivity index (χ0n) is 25.9. The van der Waals surface area contributed by atoms with Crippen molar-refractivity contribution < 1.29 is 29.0 Å². The van der Waals surface area contributed by atoms with Crippen LogP contribution < -0.4 is 14.8 Å². The lowest BCUT2D eigenvalue weighted by molar-refractivity contribution is 0.0690. The van der Waals surface area contributed by atoms with E-state index in [1.807, 2.05) is 75.4 Å². The minimum atomic E-state index is -1.21. The number of carboxylic acid groups (broad SMARTS) is 1. The molecule has 0 aliphatic carbocycles. The number of hydrogen-bond donors (Lipinski definition) is 2. The normalized spacial score (nSPS) is 11.2. The Morgan fingerprint density at radius 1 is 0.682 bits per heavy atom. The fraction of sp³-hybridized carbons (Fsp3) is 0.216. The number of ketones is 1. The summed E-state index contributed by atoms with van der Waals surface area (Å²) in [5.74, 6) is 0.473. The van der Waals surface area contributed by atoms with Crippen LogP contribution in [0.2, 0.25) is 0 Å². The first-order valence-electron chi connectivity index (χ1n) is 14.3. The Kier molecular flexibility index (Phi) is 9.38. The van der Waals surface area contributed by atoms with E-state index in [-0.39, 0.29) is 28.4 Å². The van der Waals surface area contributed by atoms with Crippen molar-refractivity contribution in [3.05, 3.63) is 125 Å². The van der Waals surface area contributed by atoms with Crippen molar-refractivity contribution in [1.82, 2.24) is 5.32 Å². The van der Waals surface area contributed by atoms with Crippen LogP contribution in [0.3, 0.4) is 0 Å². The van der Waals surface area contributed by atoms with E-state index in [1.54, 1.807) is 18.2 Å². The zero-order valence-corrected chi connectivity index (χ0v) is 25.9. The van der Waals surface area contributed by atoms with Gasteiger partial charge in [-0.1, -0.05) is 50.3 Å². The molecular formula is C37H37NO6. The largest absolute Gasteiger partial charge is 0.478 e. The monoisotopic (exact) mass is 591 g/mol. The molecule has 0 radical (unpaired) electrons. The molecule has 4 rings (SSSR count). The third-order valence-electron chi connectivity index (χ3n) is 7.34. The Morgan fingerprint density at radius 3 is 1.52 bits per heavy atom. The first-order chi connectivity index (χ1) is 20.8. The molecule has 0 heterocycles. The molecule has 226 valence electrons. The highest BCUT2D eigenvalue weighted by Crippen LogP contribution is 2.35. The maximum absolute atomic E-state index is 12.4. The molecule has 44 heavy (non-hydrogen) atoms. The van der Waals surface area contributed by atoms with E-state index in [0.717, 1.165) is 22.3 Å². The van der Waals surface area contributed by atoms with Gasteiger partial charge >= 0.3 is 5.97 Å². The average molecular weight is 592 g/mol. The number of nitrogens with one attached hydrogen (secondary N) is 1. The van der Waals surface area contributed by atoms with Crippen molar-refractivity contribution in [2.24, 2.45) is 0 Å². The minimum absolute atomic E-state index is 0.0188. The summed E-state index contributed by atoms with van der Waals surface area (Å²) in [6.45, 7) is 15.3. The predicted molar refractivity (Wildman–Crippen MR) is 172 cm³/mol. The topological polar surface area (TPSA) is 102 Å². The van der Waals surface area contributed by atoms with Gasteiger partial charge in [0.1, 0.15) is 23.0 Å². The van der Waals surface area contributed by atoms with E-state index < -0.39 is 11.9 Å². The Bertz CT molecular complexity index is 1720. The lowest BCUT2D eigenvalue weighted by Gasteiger charge is -2.26. The molecular weight excluding hydrogens is 554 g/mol. The van der Waals surface area contributed by atoms with Gasteiger partial charge in [-0.15, -0.1) is 0 Å². The first kappa shape index (κ1) is 31.8. The number of Topliss-reactive ketones (excluding diaryl/α,β-unsaturated/α-hetero) is 1. The molecule has 7 heteroatoms. The summed E-state index contributed by atoms with van der Waals surface area (Å²) in [5, 5.41) is 12.4. The van der Waals surface area contributed by atoms with Crippen molar-refractivity contribution >= 4 is 23.2 Å². The standard InChI is InChI=1S/C37H37NO6/c1-22(2)33-20-29(16-18-31(33)24(5)39)43-27-12-8-25(9-13-27)37(6,7)26-10-14-28(15-11-26)44-30-17-19-32(34(21-30)36(41)42)35(40)38-23(3)4/h8-21,23H,1H2,2-7H3,(H,38,40)(H,41,42). The summed E-state index contributed by atoms with van der Waals surface area (Å²) in [7, 11) is 0. The Morgan fingerprint density at radius 2 is 1.11 bits per heavy atom. The number of benzene rings is 4. The smallest absolute Gasteiger partial charge is 0.336 e. The van der Waals surface area contributed by atoms with E-state index in [9.17, 15) is 19.5 Å². The molecule has 0 bridgehead atoms. The molecule has 7 nitrogen and oxygen atoms in total. The van der Waals surface area contributed by atoms with E-state index in [0.29, 0.717) is 28.6 Å². The fourth-order valence-electron chi connectivity index (χ4n) is 4.87. The van der Waals surface area contributed by atoms with Crippen molar-refractivity contribution in [3.63, 3.8) is 0 Å². The molecule has 0 fully saturated rings. The van der Waals surface area contributed by atoms with Gasteiger partial charge in [0.15, 0.2) is 5.78 Å². The summed E-state index contributed by atoms with van der Waals surface area (Å²) in [5.41, 5.74) is 3.93. The summed E-state index contributed by atoms with van der Waals surface area (Å²) < 4.78 is 12.0. The van der Waals surface area contributed by atoms with E-state index in [1.165, 1.54) is 19.1 Å². The van der Waals surface area contributed by atoms with E-state index in [2.05, 4.69) is 25.7 Å². The van der Waals surface area contributed by atoms with Gasteiger partial charge in [-0.05, 0) is 105 Å². The SMILES string of the molecule is C=C(C)c1cc(Oc2ccc(C(C)(C)c3ccc(Oc4ccc(C(=O)NC(C)C)c(C(=O)O)c4)cc3)cc2)ccc1C(C)=O. The van der Waals surface area contributed by atoms with Crippen LogP contribution in [0.5, 0.6) is 23.0 Å². The van der Waals surface area contributed by atoms with Crippen molar-refractivity contribution in [3.8, 4) is 23.0 Å². The van der Waals surface area contributed by atoms with Gasteiger partial charge in [0.2, 0.25) is 0 Å². The quantitative estimate of drug-likeness (QED) is 0.169. The van der Waals surface area contributed by atoms with Gasteiger partial charge in [0, 0.05) is 17.0 Å². The van der Waals surface area contributed by atoms with Gasteiger partial charge in [-0.25, -0.2) is 4.79 Å². The highest BCUT2D eigenvalue weighted by Gasteiger charge is 2.24. The van der Waals surface area contributed by atoms with Gasteiger partial charge in [-0.3, -0.25) is 9.59 Å². The number of allylic oxidation sites excluding steroid dienone is 1. The van der Waals surface area contributed by atoms with Crippen LogP contribution in [0.4, 0.5) is 0 Å². The number of amides is 1. The molecule has 0 atom stereocenters. The van der Waals surface area contributed by atoms with Gasteiger partial charge in [0.05, 0.1) is 11.1 Å². The third kappa shape index (κ3) is 7.24. The molecule has 2 N–H and O–H groups in total. The fourth-order valence-corrected chi connectivity index (χ4v) is 4.87. The molecule has 0 aliphatic rings. The molecule has 1 amide bonds. The number of aromatic carboxylic acids is 1. The maximum atomic E-state index is 12.4. The van der Waals surface area contributed by atoms with Crippen LogP contribution in [-0.4, -0.2) is 28.8 Å². The number of ether oxygens (including phenoxy) is 2. The molecule has 0 saturated heterocycles. The second kappa shape index (κ2) is 13.0. The van der Waals surface area contributed by atoms with Gasteiger partial charge in [-0.2, -0.15) is 0 Å². The van der Waals surface area contributed by atoms with Crippen LogP contribution in [0, 0.1) is 0 Å². The first-order valence-corrected chi connectivity index (χ1v) is 14.3. The van der Waals surface area contributed by atoms with Crippen LogP contribution in [0.15, 0.2) is 91.5 Å². The maximum Gasteiger partial charge on any atom is 0.336 e. The summed E-state index contributed by atoms with van der Waals surface area (Å²) in [4.78, 5) is 36.2. The summed E-state index contributed by atoms with van der Waals surface area (Å²) in [6, 6.07) is 25.1. The lowest BCUT2D eigenvalue weighted by Crippen LogP contribution is -2.31. The minimum Gasteiger partial charge on any atom is -0.478 e. The number of carbonyl (C=O) groups is 3. The Labute approximate surface area is 258 Å². The van der Waals surface area contributed by atoms with Crippen LogP contribution in [0.1, 0.15) is 89.3 Å². The van der Waals surface area contributed by atoms with Crippen LogP contribution in [-0.2, 0) is 5.41 Å². The molecule has 0 unspecified atom stereocenters. The lowest BCUT2D eigenvalue weighted by atomic mass is 9.78.